The minimum atomic E-state index is -0.305. The number of fused-ring (bicyclic) bond motifs is 1. The largest absolute Gasteiger partial charge is 0.349 e. The molecule has 5 rings (SSSR count). The van der Waals surface area contributed by atoms with E-state index in [9.17, 15) is 4.79 Å². The zero-order chi connectivity index (χ0) is 22.2. The summed E-state index contributed by atoms with van der Waals surface area (Å²) in [5.41, 5.74) is 4.48. The van der Waals surface area contributed by atoms with Crippen LogP contribution in [0.3, 0.4) is 0 Å². The van der Waals surface area contributed by atoms with Crippen molar-refractivity contribution >= 4 is 45.7 Å². The SMILES string of the molecule is Cc1ccc(-n2c(=S)sc3c(=O)n(-c4ccccc4)c(SCC4OCCO4)nc32)cc1C. The molecule has 2 aromatic carbocycles. The number of thiazole rings is 1. The Morgan fingerprint density at radius 3 is 2.53 bits per heavy atom. The van der Waals surface area contributed by atoms with Crippen LogP contribution in [0.25, 0.3) is 21.7 Å². The van der Waals surface area contributed by atoms with Gasteiger partial charge in [-0.2, -0.15) is 0 Å². The molecular weight excluding hydrogens is 462 g/mol. The first-order valence-corrected chi connectivity index (χ1v) is 12.4. The summed E-state index contributed by atoms with van der Waals surface area (Å²) in [5.74, 6) is 0.541. The normalized spacial score (nSPS) is 14.4. The second-order valence-electron chi connectivity index (χ2n) is 7.48. The smallest absolute Gasteiger partial charge is 0.278 e. The summed E-state index contributed by atoms with van der Waals surface area (Å²) in [5, 5.41) is 0.582. The number of thioether (sulfide) groups is 1. The highest BCUT2D eigenvalue weighted by atomic mass is 32.2. The maximum Gasteiger partial charge on any atom is 0.278 e. The molecule has 9 heteroatoms. The van der Waals surface area contributed by atoms with Crippen LogP contribution in [0, 0.1) is 17.8 Å². The number of aryl methyl sites for hydroxylation is 2. The molecule has 0 N–H and O–H groups in total. The van der Waals surface area contributed by atoms with E-state index in [1.165, 1.54) is 28.7 Å². The van der Waals surface area contributed by atoms with Gasteiger partial charge in [-0.3, -0.25) is 13.9 Å². The van der Waals surface area contributed by atoms with Gasteiger partial charge in [-0.25, -0.2) is 4.98 Å². The van der Waals surface area contributed by atoms with Crippen LogP contribution in [0.5, 0.6) is 0 Å². The average molecular weight is 484 g/mol. The molecule has 0 bridgehead atoms. The van der Waals surface area contributed by atoms with E-state index >= 15 is 0 Å². The summed E-state index contributed by atoms with van der Waals surface area (Å²) in [7, 11) is 0. The molecule has 1 fully saturated rings. The maximum absolute atomic E-state index is 13.7. The molecule has 164 valence electrons. The van der Waals surface area contributed by atoms with Crippen LogP contribution in [0.15, 0.2) is 58.5 Å². The number of hydrogen-bond donors (Lipinski definition) is 0. The van der Waals surface area contributed by atoms with E-state index in [1.807, 2.05) is 41.0 Å². The molecule has 0 saturated carbocycles. The van der Waals surface area contributed by atoms with Crippen LogP contribution in [0.4, 0.5) is 0 Å². The van der Waals surface area contributed by atoms with E-state index < -0.39 is 0 Å². The van der Waals surface area contributed by atoms with Gasteiger partial charge in [0, 0.05) is 5.69 Å². The van der Waals surface area contributed by atoms with Crippen LogP contribution in [-0.2, 0) is 9.47 Å². The molecule has 1 saturated heterocycles. The summed E-state index contributed by atoms with van der Waals surface area (Å²) in [6.07, 6.45) is -0.305. The van der Waals surface area contributed by atoms with Crippen LogP contribution < -0.4 is 5.56 Å². The standard InChI is InChI=1S/C23H21N3O3S3/c1-14-8-9-17(12-15(14)2)25-20-19(32-23(25)30)21(27)26(16-6-4-3-5-7-16)22(24-20)31-13-18-28-10-11-29-18/h3-9,12,18H,10-11,13H2,1-2H3. The molecule has 32 heavy (non-hydrogen) atoms. The number of hydrogen-bond acceptors (Lipinski definition) is 7. The highest BCUT2D eigenvalue weighted by molar-refractivity contribution is 7.99. The number of benzene rings is 2. The van der Waals surface area contributed by atoms with Crippen molar-refractivity contribution in [3.8, 4) is 11.4 Å². The first kappa shape index (κ1) is 21.5. The lowest BCUT2D eigenvalue weighted by Crippen LogP contribution is -2.22. The van der Waals surface area contributed by atoms with Gasteiger partial charge in [-0.05, 0) is 61.5 Å². The fraction of sp³-hybridized carbons (Fsp3) is 0.261. The van der Waals surface area contributed by atoms with Crippen molar-refractivity contribution in [2.24, 2.45) is 0 Å². The van der Waals surface area contributed by atoms with Gasteiger partial charge in [-0.15, -0.1) is 0 Å². The molecule has 1 aliphatic rings. The molecule has 1 aliphatic heterocycles. The lowest BCUT2D eigenvalue weighted by molar-refractivity contribution is -0.0215. The first-order valence-electron chi connectivity index (χ1n) is 10.2. The van der Waals surface area contributed by atoms with E-state index in [0.717, 1.165) is 16.9 Å². The van der Waals surface area contributed by atoms with Gasteiger partial charge in [0.05, 0.1) is 24.7 Å². The fourth-order valence-electron chi connectivity index (χ4n) is 3.58. The van der Waals surface area contributed by atoms with Gasteiger partial charge in [0.25, 0.3) is 5.56 Å². The Labute approximate surface area is 198 Å². The molecule has 0 unspecified atom stereocenters. The van der Waals surface area contributed by atoms with E-state index in [-0.39, 0.29) is 11.8 Å². The van der Waals surface area contributed by atoms with Gasteiger partial charge in [0.2, 0.25) is 0 Å². The number of aromatic nitrogens is 3. The van der Waals surface area contributed by atoms with Crippen molar-refractivity contribution in [3.05, 3.63) is 74.0 Å². The van der Waals surface area contributed by atoms with E-state index in [0.29, 0.717) is 38.4 Å². The van der Waals surface area contributed by atoms with Gasteiger partial charge in [-0.1, -0.05) is 47.4 Å². The monoisotopic (exact) mass is 483 g/mol. The second-order valence-corrected chi connectivity index (χ2v) is 10.1. The first-order chi connectivity index (χ1) is 15.5. The summed E-state index contributed by atoms with van der Waals surface area (Å²) in [4.78, 5) is 18.6. The Kier molecular flexibility index (Phi) is 6.00. The number of rotatable bonds is 5. The van der Waals surface area contributed by atoms with Gasteiger partial charge in [0.1, 0.15) is 4.70 Å². The van der Waals surface area contributed by atoms with Crippen LogP contribution in [-0.4, -0.2) is 39.4 Å². The van der Waals surface area contributed by atoms with E-state index in [2.05, 4.69) is 26.0 Å². The van der Waals surface area contributed by atoms with E-state index in [4.69, 9.17) is 26.7 Å². The molecular formula is C23H21N3O3S3. The molecule has 0 atom stereocenters. The topological polar surface area (TPSA) is 58.3 Å². The molecule has 0 aliphatic carbocycles. The Hall–Kier alpha value is -2.30. The molecule has 0 radical (unpaired) electrons. The van der Waals surface area contributed by atoms with Crippen molar-refractivity contribution < 1.29 is 9.47 Å². The van der Waals surface area contributed by atoms with Crippen LogP contribution in [0.1, 0.15) is 11.1 Å². The maximum atomic E-state index is 13.7. The van der Waals surface area contributed by atoms with Crippen molar-refractivity contribution in [1.29, 1.82) is 0 Å². The number of nitrogens with zero attached hydrogens (tertiary/aromatic N) is 3. The average Bonchev–Trinajstić information content (AvgIpc) is 3.42. The van der Waals surface area contributed by atoms with Crippen LogP contribution in [0.2, 0.25) is 0 Å². The molecule has 3 heterocycles. The van der Waals surface area contributed by atoms with Gasteiger partial charge in [0.15, 0.2) is 21.0 Å². The minimum absolute atomic E-state index is 0.129. The summed E-state index contributed by atoms with van der Waals surface area (Å²) in [6, 6.07) is 15.7. The van der Waals surface area contributed by atoms with E-state index in [1.54, 1.807) is 4.57 Å². The Morgan fingerprint density at radius 1 is 1.06 bits per heavy atom. The third-order valence-corrected chi connectivity index (χ3v) is 7.70. The molecule has 2 aromatic heterocycles. The lowest BCUT2D eigenvalue weighted by atomic mass is 10.1. The third kappa shape index (κ3) is 3.95. The Bertz CT molecular complexity index is 1400. The highest BCUT2D eigenvalue weighted by Crippen LogP contribution is 2.29. The van der Waals surface area contributed by atoms with Crippen molar-refractivity contribution in [2.75, 3.05) is 19.0 Å². The quantitative estimate of drug-likeness (QED) is 0.225. The Morgan fingerprint density at radius 2 is 1.81 bits per heavy atom. The van der Waals surface area contributed by atoms with Gasteiger partial charge < -0.3 is 9.47 Å². The zero-order valence-corrected chi connectivity index (χ0v) is 20.1. The lowest BCUT2D eigenvalue weighted by Gasteiger charge is -2.14. The summed E-state index contributed by atoms with van der Waals surface area (Å²) in [6.45, 7) is 5.30. The third-order valence-electron chi connectivity index (χ3n) is 5.38. The number of ether oxygens (including phenoxy) is 2. The van der Waals surface area contributed by atoms with Crippen LogP contribution >= 0.6 is 35.3 Å². The zero-order valence-electron chi connectivity index (χ0n) is 17.6. The predicted molar refractivity (Wildman–Crippen MR) is 131 cm³/mol. The summed E-state index contributed by atoms with van der Waals surface area (Å²) < 4.78 is 15.8. The molecule has 0 amide bonds. The van der Waals surface area contributed by atoms with Crippen molar-refractivity contribution in [1.82, 2.24) is 14.1 Å². The number of para-hydroxylation sites is 1. The fourth-order valence-corrected chi connectivity index (χ4v) is 5.83. The summed E-state index contributed by atoms with van der Waals surface area (Å²) >= 11 is 8.41. The molecule has 4 aromatic rings. The molecule has 0 spiro atoms. The van der Waals surface area contributed by atoms with Crippen molar-refractivity contribution in [2.45, 2.75) is 25.3 Å². The minimum Gasteiger partial charge on any atom is -0.349 e. The second kappa shape index (κ2) is 8.92. The molecule has 6 nitrogen and oxygen atoms in total. The highest BCUT2D eigenvalue weighted by Gasteiger charge is 2.22. The van der Waals surface area contributed by atoms with Gasteiger partial charge >= 0.3 is 0 Å². The Balaban J connectivity index is 1.71. The predicted octanol–water partition coefficient (Wildman–Crippen LogP) is 5.05. The van der Waals surface area contributed by atoms with Crippen molar-refractivity contribution in [3.63, 3.8) is 0 Å².